The van der Waals surface area contributed by atoms with E-state index in [2.05, 4.69) is 21.9 Å². The van der Waals surface area contributed by atoms with Crippen molar-refractivity contribution in [3.63, 3.8) is 0 Å². The Morgan fingerprint density at radius 2 is 1.69 bits per heavy atom. The summed E-state index contributed by atoms with van der Waals surface area (Å²) >= 11 is 0. The monoisotopic (exact) mass is 626 g/mol. The number of carbonyl (C=O) groups excluding carboxylic acids is 2. The fourth-order valence-corrected chi connectivity index (χ4v) is 4.73. The van der Waals surface area contributed by atoms with Gasteiger partial charge in [0.05, 0.1) is 23.4 Å². The number of rotatable bonds is 9. The van der Waals surface area contributed by atoms with Crippen molar-refractivity contribution in [2.24, 2.45) is 11.1 Å². The van der Waals surface area contributed by atoms with Gasteiger partial charge in [-0.05, 0) is 68.7 Å². The van der Waals surface area contributed by atoms with E-state index in [0.29, 0.717) is 17.2 Å². The molecule has 2 N–H and O–H groups in total. The molecule has 0 radical (unpaired) electrons. The zero-order valence-corrected chi connectivity index (χ0v) is 24.5. The molecule has 12 heteroatoms. The Bertz CT molecular complexity index is 1790. The van der Waals surface area contributed by atoms with Crippen LogP contribution in [0.2, 0.25) is 0 Å². The van der Waals surface area contributed by atoms with Crippen LogP contribution in [0, 0.1) is 34.7 Å². The van der Waals surface area contributed by atoms with Gasteiger partial charge in [0.2, 0.25) is 0 Å². The van der Waals surface area contributed by atoms with Crippen LogP contribution in [0.3, 0.4) is 0 Å². The Morgan fingerprint density at radius 3 is 2.31 bits per heavy atom. The van der Waals surface area contributed by atoms with Crippen LogP contribution in [0.25, 0.3) is 11.1 Å². The first-order valence-electron chi connectivity index (χ1n) is 13.7. The number of aromatic nitrogens is 3. The number of benzene rings is 2. The molecular formula is C33H28F6N4O2. The molecule has 45 heavy (non-hydrogen) atoms. The molecule has 1 amide bonds. The molecule has 0 bridgehead atoms. The van der Waals surface area contributed by atoms with Gasteiger partial charge in [-0.25, -0.2) is 13.2 Å². The average Bonchev–Trinajstić information content (AvgIpc) is 3.34. The van der Waals surface area contributed by atoms with Crippen molar-refractivity contribution < 1.29 is 35.9 Å². The Morgan fingerprint density at radius 1 is 1.00 bits per heavy atom. The van der Waals surface area contributed by atoms with Gasteiger partial charge in [0.15, 0.2) is 11.5 Å². The van der Waals surface area contributed by atoms with Gasteiger partial charge in [-0.15, -0.1) is 0 Å². The molecule has 0 saturated carbocycles. The number of nitrogens with two attached hydrogens (primary N) is 1. The Labute approximate surface area is 255 Å². The van der Waals surface area contributed by atoms with Gasteiger partial charge in [-0.3, -0.25) is 19.3 Å². The maximum absolute atomic E-state index is 14.2. The van der Waals surface area contributed by atoms with E-state index in [0.717, 1.165) is 29.1 Å². The molecule has 234 valence electrons. The normalized spacial score (nSPS) is 12.4. The third-order valence-electron chi connectivity index (χ3n) is 6.59. The highest BCUT2D eigenvalue weighted by Gasteiger charge is 2.37. The van der Waals surface area contributed by atoms with Gasteiger partial charge < -0.3 is 5.73 Å². The smallest absolute Gasteiger partial charge is 0.366 e. The molecule has 4 rings (SSSR count). The van der Waals surface area contributed by atoms with Crippen LogP contribution in [-0.4, -0.2) is 26.5 Å². The highest BCUT2D eigenvalue weighted by Crippen LogP contribution is 2.34. The summed E-state index contributed by atoms with van der Waals surface area (Å²) in [5, 5.41) is 3.58. The molecule has 0 spiro atoms. The largest absolute Gasteiger partial charge is 0.436 e. The first-order chi connectivity index (χ1) is 21.0. The molecule has 2 aromatic carbocycles. The number of Topliss-reactive ketones (excluding diaryl/α,β-unsaturated/α-hetero) is 1. The predicted molar refractivity (Wildman–Crippen MR) is 154 cm³/mol. The first-order valence-corrected chi connectivity index (χ1v) is 13.7. The molecule has 6 nitrogen and oxygen atoms in total. The number of carbonyl (C=O) groups is 2. The lowest BCUT2D eigenvalue weighted by Crippen LogP contribution is -2.18. The molecule has 0 aliphatic rings. The quantitative estimate of drug-likeness (QED) is 0.162. The number of pyridine rings is 1. The van der Waals surface area contributed by atoms with E-state index in [4.69, 9.17) is 5.73 Å². The molecule has 2 aromatic heterocycles. The summed E-state index contributed by atoms with van der Waals surface area (Å²) in [6, 6.07) is 9.70. The van der Waals surface area contributed by atoms with Gasteiger partial charge in [-0.2, -0.15) is 18.3 Å². The van der Waals surface area contributed by atoms with Crippen molar-refractivity contribution in [2.75, 3.05) is 0 Å². The van der Waals surface area contributed by atoms with Crippen molar-refractivity contribution in [2.45, 2.75) is 52.3 Å². The Hall–Kier alpha value is -4.92. The number of amides is 1. The molecule has 0 aliphatic carbocycles. The SMILES string of the molecule is CC(C)(C)C#Cc1cn(CC(=O)C[C@@H](Cc2cc(F)cc(F)c2)c2ncccc2-c2ccc(F)c(C(N)=O)c2)nc1C(F)(F)F. The third kappa shape index (κ3) is 8.59. The molecule has 4 aromatic rings. The number of halogens is 6. The van der Waals surface area contributed by atoms with Gasteiger partial charge in [0.1, 0.15) is 17.5 Å². The minimum absolute atomic E-state index is 0.0937. The van der Waals surface area contributed by atoms with Crippen molar-refractivity contribution in [3.8, 4) is 23.0 Å². The zero-order valence-electron chi connectivity index (χ0n) is 24.5. The number of alkyl halides is 3. The predicted octanol–water partition coefficient (Wildman–Crippen LogP) is 6.86. The second kappa shape index (κ2) is 13.0. The summed E-state index contributed by atoms with van der Waals surface area (Å²) in [5.41, 5.74) is 3.90. The van der Waals surface area contributed by atoms with E-state index in [9.17, 15) is 35.9 Å². The van der Waals surface area contributed by atoms with Crippen molar-refractivity contribution in [3.05, 3.63) is 106 Å². The van der Waals surface area contributed by atoms with Crippen molar-refractivity contribution in [1.82, 2.24) is 14.8 Å². The van der Waals surface area contributed by atoms with Crippen LogP contribution in [0.15, 0.2) is 60.9 Å². The van der Waals surface area contributed by atoms with Crippen LogP contribution in [0.4, 0.5) is 26.3 Å². The van der Waals surface area contributed by atoms with E-state index in [1.54, 1.807) is 32.9 Å². The Balaban J connectivity index is 1.73. The summed E-state index contributed by atoms with van der Waals surface area (Å²) in [6.45, 7) is 4.65. The highest BCUT2D eigenvalue weighted by atomic mass is 19.4. The lowest BCUT2D eigenvalue weighted by molar-refractivity contribution is -0.142. The van der Waals surface area contributed by atoms with Crippen LogP contribution < -0.4 is 5.73 Å². The highest BCUT2D eigenvalue weighted by molar-refractivity contribution is 5.94. The summed E-state index contributed by atoms with van der Waals surface area (Å²) < 4.78 is 84.4. The molecular weight excluding hydrogens is 598 g/mol. The zero-order chi connectivity index (χ0) is 33.1. The van der Waals surface area contributed by atoms with E-state index >= 15 is 0 Å². The fraction of sp³-hybridized carbons (Fsp3) is 0.273. The minimum Gasteiger partial charge on any atom is -0.366 e. The van der Waals surface area contributed by atoms with Crippen LogP contribution >= 0.6 is 0 Å². The maximum atomic E-state index is 14.2. The van der Waals surface area contributed by atoms with Crippen molar-refractivity contribution >= 4 is 11.7 Å². The lowest BCUT2D eigenvalue weighted by Gasteiger charge is -2.20. The standard InChI is InChI=1S/C33H28F6N4O2/c1-32(2,3)9-8-21-17-43(42-30(21)33(37,38)39)18-25(44)14-22(11-19-12-23(34)16-24(35)13-19)29-26(5-4-10-41-29)20-6-7-28(36)27(15-20)31(40)45/h4-7,10,12-13,15-17,22H,11,14,18H2,1-3H3,(H2,40,45)/t22-/m1/s1. The van der Waals surface area contributed by atoms with Crippen LogP contribution in [-0.2, 0) is 23.9 Å². The second-order valence-corrected chi connectivity index (χ2v) is 11.5. The van der Waals surface area contributed by atoms with Gasteiger partial charge in [0, 0.05) is 41.8 Å². The number of primary amides is 1. The molecule has 0 unspecified atom stereocenters. The Kier molecular flexibility index (Phi) is 9.51. The lowest BCUT2D eigenvalue weighted by atomic mass is 9.86. The van der Waals surface area contributed by atoms with Crippen molar-refractivity contribution in [1.29, 1.82) is 0 Å². The number of ketones is 1. The van der Waals surface area contributed by atoms with E-state index < -0.39 is 58.9 Å². The molecule has 2 heterocycles. The van der Waals surface area contributed by atoms with Crippen LogP contribution in [0.5, 0.6) is 0 Å². The summed E-state index contributed by atoms with van der Waals surface area (Å²) in [4.78, 5) is 29.6. The second-order valence-electron chi connectivity index (χ2n) is 11.5. The molecule has 0 fully saturated rings. The van der Waals surface area contributed by atoms with E-state index in [-0.39, 0.29) is 35.2 Å². The summed E-state index contributed by atoms with van der Waals surface area (Å²) in [5.74, 6) is 0.277. The third-order valence-corrected chi connectivity index (χ3v) is 6.59. The van der Waals surface area contributed by atoms with Gasteiger partial charge in [0.25, 0.3) is 5.91 Å². The average molecular weight is 627 g/mol. The number of hydrogen-bond acceptors (Lipinski definition) is 4. The first kappa shape index (κ1) is 33.0. The van der Waals surface area contributed by atoms with Gasteiger partial charge in [-0.1, -0.05) is 24.0 Å². The fourth-order valence-electron chi connectivity index (χ4n) is 4.73. The van der Waals surface area contributed by atoms with Crippen LogP contribution in [0.1, 0.15) is 66.0 Å². The summed E-state index contributed by atoms with van der Waals surface area (Å²) in [7, 11) is 0. The molecule has 0 aliphatic heterocycles. The minimum atomic E-state index is -4.82. The number of nitrogens with zero attached hydrogens (tertiary/aromatic N) is 3. The number of hydrogen-bond donors (Lipinski definition) is 1. The van der Waals surface area contributed by atoms with E-state index in [1.807, 2.05) is 0 Å². The van der Waals surface area contributed by atoms with Gasteiger partial charge >= 0.3 is 6.18 Å². The summed E-state index contributed by atoms with van der Waals surface area (Å²) in [6.07, 6.45) is -2.77. The maximum Gasteiger partial charge on any atom is 0.436 e. The van der Waals surface area contributed by atoms with E-state index in [1.165, 1.54) is 18.3 Å². The molecule has 0 saturated heterocycles. The topological polar surface area (TPSA) is 90.9 Å². The molecule has 1 atom stereocenters.